The van der Waals surface area contributed by atoms with Crippen LogP contribution in [0, 0.1) is 12.7 Å². The summed E-state index contributed by atoms with van der Waals surface area (Å²) in [5.41, 5.74) is 2.16. The van der Waals surface area contributed by atoms with Gasteiger partial charge in [0.05, 0.1) is 5.69 Å². The standard InChI is InChI=1S/C15H15ClFNO2/c1-8-6-13(12(17)7-11(8)16)18-14(19)9-4-2-3-5-10(9)15(18)20/h6-7,14,19H,2-5H2,1H3. The number of hydrogen-bond donors (Lipinski definition) is 1. The molecule has 1 atom stereocenters. The fourth-order valence-electron chi connectivity index (χ4n) is 2.94. The Labute approximate surface area is 121 Å². The molecule has 1 amide bonds. The normalized spacial score (nSPS) is 22.5. The van der Waals surface area contributed by atoms with Crippen molar-refractivity contribution in [3.8, 4) is 0 Å². The van der Waals surface area contributed by atoms with Crippen LogP contribution in [-0.4, -0.2) is 17.2 Å². The quantitative estimate of drug-likeness (QED) is 0.863. The van der Waals surface area contributed by atoms with Gasteiger partial charge in [0.2, 0.25) is 0 Å². The van der Waals surface area contributed by atoms with E-state index in [-0.39, 0.29) is 11.6 Å². The highest BCUT2D eigenvalue weighted by Crippen LogP contribution is 2.39. The molecule has 0 fully saturated rings. The maximum Gasteiger partial charge on any atom is 0.256 e. The van der Waals surface area contributed by atoms with Crippen molar-refractivity contribution >= 4 is 23.2 Å². The summed E-state index contributed by atoms with van der Waals surface area (Å²) in [5, 5.41) is 10.7. The number of anilines is 1. The number of carbonyl (C=O) groups excluding carboxylic acids is 1. The molecule has 0 saturated heterocycles. The van der Waals surface area contributed by atoms with Gasteiger partial charge in [-0.2, -0.15) is 0 Å². The Hall–Kier alpha value is -1.39. The molecule has 5 heteroatoms. The van der Waals surface area contributed by atoms with E-state index in [1.807, 2.05) is 0 Å². The summed E-state index contributed by atoms with van der Waals surface area (Å²) in [6, 6.07) is 2.70. The van der Waals surface area contributed by atoms with Gasteiger partial charge in [-0.15, -0.1) is 0 Å². The Bertz CT molecular complexity index is 627. The summed E-state index contributed by atoms with van der Waals surface area (Å²) < 4.78 is 14.1. The predicted molar refractivity (Wildman–Crippen MR) is 75.1 cm³/mol. The molecule has 3 nitrogen and oxygen atoms in total. The second-order valence-electron chi connectivity index (χ2n) is 5.31. The average Bonchev–Trinajstić information content (AvgIpc) is 2.68. The Kier molecular flexibility index (Phi) is 3.30. The SMILES string of the molecule is Cc1cc(N2C(=O)C3=C(CCCC3)C2O)c(F)cc1Cl. The van der Waals surface area contributed by atoms with E-state index in [1.54, 1.807) is 6.92 Å². The molecule has 1 unspecified atom stereocenters. The van der Waals surface area contributed by atoms with Gasteiger partial charge < -0.3 is 5.11 Å². The van der Waals surface area contributed by atoms with Gasteiger partial charge in [-0.25, -0.2) is 4.39 Å². The summed E-state index contributed by atoms with van der Waals surface area (Å²) >= 11 is 5.87. The zero-order valence-electron chi connectivity index (χ0n) is 11.1. The number of aliphatic hydroxyl groups is 1. The minimum atomic E-state index is -1.05. The highest BCUT2D eigenvalue weighted by Gasteiger charge is 2.40. The fourth-order valence-corrected chi connectivity index (χ4v) is 3.09. The molecule has 0 spiro atoms. The largest absolute Gasteiger partial charge is 0.369 e. The average molecular weight is 296 g/mol. The lowest BCUT2D eigenvalue weighted by Crippen LogP contribution is -2.36. The van der Waals surface area contributed by atoms with Crippen molar-refractivity contribution < 1.29 is 14.3 Å². The molecule has 1 heterocycles. The summed E-state index contributed by atoms with van der Waals surface area (Å²) in [5.74, 6) is -0.874. The van der Waals surface area contributed by atoms with Crippen LogP contribution >= 0.6 is 11.6 Å². The number of hydrogen-bond acceptors (Lipinski definition) is 2. The van der Waals surface area contributed by atoms with E-state index >= 15 is 0 Å². The van der Waals surface area contributed by atoms with E-state index < -0.39 is 12.0 Å². The first-order chi connectivity index (χ1) is 9.50. The van der Waals surface area contributed by atoms with Crippen LogP contribution in [0.3, 0.4) is 0 Å². The van der Waals surface area contributed by atoms with Crippen LogP contribution in [0.2, 0.25) is 5.02 Å². The third kappa shape index (κ3) is 1.95. The highest BCUT2D eigenvalue weighted by atomic mass is 35.5. The summed E-state index contributed by atoms with van der Waals surface area (Å²) in [7, 11) is 0. The zero-order chi connectivity index (χ0) is 14.4. The number of rotatable bonds is 1. The van der Waals surface area contributed by atoms with Gasteiger partial charge in [0, 0.05) is 10.6 Å². The minimum absolute atomic E-state index is 0.0961. The van der Waals surface area contributed by atoms with Crippen molar-refractivity contribution in [2.75, 3.05) is 4.90 Å². The van der Waals surface area contributed by atoms with Crippen LogP contribution in [0.25, 0.3) is 0 Å². The number of nitrogens with zero attached hydrogens (tertiary/aromatic N) is 1. The third-order valence-corrected chi connectivity index (χ3v) is 4.44. The van der Waals surface area contributed by atoms with Crippen molar-refractivity contribution in [3.63, 3.8) is 0 Å². The topological polar surface area (TPSA) is 40.5 Å². The molecule has 20 heavy (non-hydrogen) atoms. The Morgan fingerprint density at radius 1 is 1.35 bits per heavy atom. The van der Waals surface area contributed by atoms with Crippen molar-refractivity contribution in [3.05, 3.63) is 39.7 Å². The van der Waals surface area contributed by atoms with E-state index in [0.29, 0.717) is 29.0 Å². The van der Waals surface area contributed by atoms with E-state index in [9.17, 15) is 14.3 Å². The fraction of sp³-hybridized carbons (Fsp3) is 0.400. The van der Waals surface area contributed by atoms with Gasteiger partial charge in [0.15, 0.2) is 6.23 Å². The first-order valence-corrected chi connectivity index (χ1v) is 7.07. The molecule has 1 aromatic rings. The molecule has 0 aromatic heterocycles. The number of halogens is 2. The molecule has 0 saturated carbocycles. The van der Waals surface area contributed by atoms with E-state index in [0.717, 1.165) is 23.3 Å². The van der Waals surface area contributed by atoms with Crippen molar-refractivity contribution in [1.29, 1.82) is 0 Å². The van der Waals surface area contributed by atoms with Crippen LogP contribution in [0.1, 0.15) is 31.2 Å². The lowest BCUT2D eigenvalue weighted by molar-refractivity contribution is -0.115. The Morgan fingerprint density at radius 3 is 2.75 bits per heavy atom. The molecule has 0 radical (unpaired) electrons. The number of aliphatic hydroxyl groups excluding tert-OH is 1. The molecule has 2 aliphatic rings. The second-order valence-corrected chi connectivity index (χ2v) is 5.72. The van der Waals surface area contributed by atoms with Crippen LogP contribution in [-0.2, 0) is 4.79 Å². The van der Waals surface area contributed by atoms with E-state index in [2.05, 4.69) is 0 Å². The van der Waals surface area contributed by atoms with Crippen molar-refractivity contribution in [1.82, 2.24) is 0 Å². The first kappa shape index (κ1) is 13.6. The zero-order valence-corrected chi connectivity index (χ0v) is 11.9. The number of aryl methyl sites for hydroxylation is 1. The van der Waals surface area contributed by atoms with Gasteiger partial charge in [0.25, 0.3) is 5.91 Å². The molecular formula is C15H15ClFNO2. The summed E-state index contributed by atoms with van der Waals surface area (Å²) in [4.78, 5) is 13.6. The van der Waals surface area contributed by atoms with Gasteiger partial charge in [-0.1, -0.05) is 11.6 Å². The van der Waals surface area contributed by atoms with Gasteiger partial charge in [-0.3, -0.25) is 9.69 Å². The van der Waals surface area contributed by atoms with E-state index in [4.69, 9.17) is 11.6 Å². The molecule has 1 aliphatic carbocycles. The van der Waals surface area contributed by atoms with Crippen LogP contribution in [0.4, 0.5) is 10.1 Å². The molecule has 1 aliphatic heterocycles. The maximum atomic E-state index is 14.1. The second kappa shape index (κ2) is 4.86. The monoisotopic (exact) mass is 295 g/mol. The van der Waals surface area contributed by atoms with Crippen molar-refractivity contribution in [2.45, 2.75) is 38.8 Å². The van der Waals surface area contributed by atoms with E-state index in [1.165, 1.54) is 12.1 Å². The minimum Gasteiger partial charge on any atom is -0.369 e. The molecule has 1 aromatic carbocycles. The van der Waals surface area contributed by atoms with Crippen LogP contribution in [0.15, 0.2) is 23.3 Å². The van der Waals surface area contributed by atoms with Gasteiger partial charge >= 0.3 is 0 Å². The van der Waals surface area contributed by atoms with Gasteiger partial charge in [-0.05, 0) is 55.9 Å². The predicted octanol–water partition coefficient (Wildman–Crippen LogP) is 3.32. The number of carbonyl (C=O) groups is 1. The highest BCUT2D eigenvalue weighted by molar-refractivity contribution is 6.31. The molecule has 0 bridgehead atoms. The molecular weight excluding hydrogens is 281 g/mol. The smallest absolute Gasteiger partial charge is 0.256 e. The van der Waals surface area contributed by atoms with Crippen LogP contribution < -0.4 is 4.90 Å². The number of amides is 1. The molecule has 106 valence electrons. The molecule has 3 rings (SSSR count). The number of benzene rings is 1. The Morgan fingerprint density at radius 2 is 2.05 bits per heavy atom. The Balaban J connectivity index is 2.04. The van der Waals surface area contributed by atoms with Crippen molar-refractivity contribution in [2.24, 2.45) is 0 Å². The third-order valence-electron chi connectivity index (χ3n) is 4.03. The molecule has 1 N–H and O–H groups in total. The van der Waals surface area contributed by atoms with Gasteiger partial charge in [0.1, 0.15) is 5.82 Å². The lowest BCUT2D eigenvalue weighted by atomic mass is 9.93. The maximum absolute atomic E-state index is 14.1. The summed E-state index contributed by atoms with van der Waals surface area (Å²) in [6.07, 6.45) is 2.21. The first-order valence-electron chi connectivity index (χ1n) is 6.70. The van der Waals surface area contributed by atoms with Crippen LogP contribution in [0.5, 0.6) is 0 Å². The summed E-state index contributed by atoms with van der Waals surface area (Å²) in [6.45, 7) is 1.74. The lowest BCUT2D eigenvalue weighted by Gasteiger charge is -2.23.